The first-order valence-electron chi connectivity index (χ1n) is 5.34. The zero-order chi connectivity index (χ0) is 11.3. The summed E-state index contributed by atoms with van der Waals surface area (Å²) in [6, 6.07) is 0. The third-order valence-electron chi connectivity index (χ3n) is 2.62. The molecular weight excluding hydrogens is 207 g/mol. The molecule has 0 aromatic carbocycles. The Morgan fingerprint density at radius 1 is 1.27 bits per heavy atom. The molecule has 90 valence electrons. The fourth-order valence-electron chi connectivity index (χ4n) is 1.67. The van der Waals surface area contributed by atoms with Gasteiger partial charge in [0.2, 0.25) is 0 Å². The molecule has 0 aromatic rings. The summed E-state index contributed by atoms with van der Waals surface area (Å²) >= 11 is 0. The summed E-state index contributed by atoms with van der Waals surface area (Å²) in [5.41, 5.74) is 0. The highest BCUT2D eigenvalue weighted by molar-refractivity contribution is 4.69. The van der Waals surface area contributed by atoms with Crippen LogP contribution in [0.25, 0.3) is 0 Å². The molecule has 15 heavy (non-hydrogen) atoms. The molecule has 1 aliphatic rings. The highest BCUT2D eigenvalue weighted by Gasteiger charge is 2.26. The highest BCUT2D eigenvalue weighted by Crippen LogP contribution is 2.21. The van der Waals surface area contributed by atoms with Gasteiger partial charge >= 0.3 is 6.18 Å². The predicted octanol–water partition coefficient (Wildman–Crippen LogP) is 2.44. The molecule has 1 fully saturated rings. The van der Waals surface area contributed by atoms with Crippen LogP contribution >= 0.6 is 0 Å². The lowest BCUT2D eigenvalue weighted by atomic mass is 10.1. The third kappa shape index (κ3) is 5.99. The molecule has 2 nitrogen and oxygen atoms in total. The normalized spacial score (nSPS) is 20.8. The summed E-state index contributed by atoms with van der Waals surface area (Å²) in [5, 5.41) is 0. The zero-order valence-electron chi connectivity index (χ0n) is 9.02. The van der Waals surface area contributed by atoms with Crippen LogP contribution in [-0.2, 0) is 4.74 Å². The Kier molecular flexibility index (Phi) is 4.86. The molecule has 0 unspecified atom stereocenters. The van der Waals surface area contributed by atoms with E-state index in [9.17, 15) is 13.2 Å². The maximum absolute atomic E-state index is 11.8. The molecule has 0 spiro atoms. The van der Waals surface area contributed by atoms with Crippen LogP contribution in [0.4, 0.5) is 13.2 Å². The number of likely N-dealkylation sites (tertiary alicyclic amines) is 1. The topological polar surface area (TPSA) is 12.5 Å². The molecule has 0 amide bonds. The largest absolute Gasteiger partial charge is 0.389 e. The number of alkyl halides is 3. The average Bonchev–Trinajstić information content (AvgIpc) is 2.14. The molecule has 1 saturated heterocycles. The maximum atomic E-state index is 11.8. The standard InChI is InChI=1S/C10H18F3NO/c1-14-6-3-9(4-7-14)15-8-2-5-10(11,12)13/h9H,2-8H2,1H3. The van der Waals surface area contributed by atoms with Crippen molar-refractivity contribution < 1.29 is 17.9 Å². The molecule has 5 heteroatoms. The molecule has 0 aromatic heterocycles. The van der Waals surface area contributed by atoms with Crippen LogP contribution in [0.3, 0.4) is 0 Å². The first-order valence-corrected chi connectivity index (χ1v) is 5.34. The van der Waals surface area contributed by atoms with Gasteiger partial charge in [0.15, 0.2) is 0 Å². The minimum Gasteiger partial charge on any atom is -0.378 e. The van der Waals surface area contributed by atoms with E-state index < -0.39 is 12.6 Å². The zero-order valence-corrected chi connectivity index (χ0v) is 9.02. The molecule has 0 N–H and O–H groups in total. The number of hydrogen-bond acceptors (Lipinski definition) is 2. The van der Waals surface area contributed by atoms with E-state index in [0.717, 1.165) is 25.9 Å². The first kappa shape index (κ1) is 12.8. The van der Waals surface area contributed by atoms with Gasteiger partial charge in [-0.05, 0) is 26.3 Å². The van der Waals surface area contributed by atoms with Gasteiger partial charge in [0, 0.05) is 26.1 Å². The van der Waals surface area contributed by atoms with Crippen molar-refractivity contribution in [2.24, 2.45) is 0 Å². The van der Waals surface area contributed by atoms with E-state index in [1.165, 1.54) is 0 Å². The van der Waals surface area contributed by atoms with Crippen LogP contribution in [0.15, 0.2) is 0 Å². The number of rotatable bonds is 4. The SMILES string of the molecule is CN1CCC(OCCCC(F)(F)F)CC1. The molecule has 1 aliphatic heterocycles. The van der Waals surface area contributed by atoms with E-state index in [-0.39, 0.29) is 19.1 Å². The van der Waals surface area contributed by atoms with E-state index in [4.69, 9.17) is 4.74 Å². The number of ether oxygens (including phenoxy) is 1. The lowest BCUT2D eigenvalue weighted by Crippen LogP contribution is -2.34. The fraction of sp³-hybridized carbons (Fsp3) is 1.00. The molecule has 0 radical (unpaired) electrons. The van der Waals surface area contributed by atoms with Crippen LogP contribution in [0.2, 0.25) is 0 Å². The Morgan fingerprint density at radius 3 is 2.40 bits per heavy atom. The molecule has 0 bridgehead atoms. The van der Waals surface area contributed by atoms with E-state index in [1.54, 1.807) is 0 Å². The fourth-order valence-corrected chi connectivity index (χ4v) is 1.67. The van der Waals surface area contributed by atoms with E-state index >= 15 is 0 Å². The molecule has 1 rings (SSSR count). The van der Waals surface area contributed by atoms with Crippen molar-refractivity contribution in [1.29, 1.82) is 0 Å². The van der Waals surface area contributed by atoms with Crippen LogP contribution in [0.1, 0.15) is 25.7 Å². The van der Waals surface area contributed by atoms with Gasteiger partial charge < -0.3 is 9.64 Å². The van der Waals surface area contributed by atoms with E-state index in [1.807, 2.05) is 7.05 Å². The Labute approximate surface area is 88.4 Å². The highest BCUT2D eigenvalue weighted by atomic mass is 19.4. The molecular formula is C10H18F3NO. The average molecular weight is 225 g/mol. The smallest absolute Gasteiger partial charge is 0.378 e. The summed E-state index contributed by atoms with van der Waals surface area (Å²) in [5.74, 6) is 0. The van der Waals surface area contributed by atoms with Gasteiger partial charge in [0.1, 0.15) is 0 Å². The molecule has 1 heterocycles. The number of halogens is 3. The second-order valence-corrected chi connectivity index (χ2v) is 4.09. The Bertz CT molecular complexity index is 176. The Hall–Kier alpha value is -0.290. The van der Waals surface area contributed by atoms with Crippen molar-refractivity contribution in [3.8, 4) is 0 Å². The predicted molar refractivity (Wildman–Crippen MR) is 51.8 cm³/mol. The van der Waals surface area contributed by atoms with Gasteiger partial charge in [-0.25, -0.2) is 0 Å². The number of nitrogens with zero attached hydrogens (tertiary/aromatic N) is 1. The van der Waals surface area contributed by atoms with Crippen molar-refractivity contribution in [1.82, 2.24) is 4.90 Å². The van der Waals surface area contributed by atoms with Gasteiger partial charge in [0.25, 0.3) is 0 Å². The minimum absolute atomic E-state index is 0.0792. The van der Waals surface area contributed by atoms with Crippen LogP contribution in [0.5, 0.6) is 0 Å². The first-order chi connectivity index (χ1) is 6.97. The monoisotopic (exact) mass is 225 g/mol. The van der Waals surface area contributed by atoms with E-state index in [0.29, 0.717) is 0 Å². The van der Waals surface area contributed by atoms with Gasteiger partial charge in [-0.15, -0.1) is 0 Å². The maximum Gasteiger partial charge on any atom is 0.389 e. The quantitative estimate of drug-likeness (QED) is 0.681. The second kappa shape index (κ2) is 5.70. The molecule has 0 saturated carbocycles. The van der Waals surface area contributed by atoms with Gasteiger partial charge in [-0.3, -0.25) is 0 Å². The second-order valence-electron chi connectivity index (χ2n) is 4.09. The van der Waals surface area contributed by atoms with Gasteiger partial charge in [-0.1, -0.05) is 0 Å². The van der Waals surface area contributed by atoms with Gasteiger partial charge in [0.05, 0.1) is 6.10 Å². The summed E-state index contributed by atoms with van der Waals surface area (Å²) in [6.07, 6.45) is -2.68. The third-order valence-corrected chi connectivity index (χ3v) is 2.62. The van der Waals surface area contributed by atoms with Crippen molar-refractivity contribution in [2.75, 3.05) is 26.7 Å². The van der Waals surface area contributed by atoms with E-state index in [2.05, 4.69) is 4.90 Å². The van der Waals surface area contributed by atoms with Crippen molar-refractivity contribution in [3.63, 3.8) is 0 Å². The number of hydrogen-bond donors (Lipinski definition) is 0. The summed E-state index contributed by atoms with van der Waals surface area (Å²) in [7, 11) is 2.04. The summed E-state index contributed by atoms with van der Waals surface area (Å²) < 4.78 is 40.8. The number of piperidine rings is 1. The minimum atomic E-state index is -4.05. The van der Waals surface area contributed by atoms with Crippen LogP contribution in [-0.4, -0.2) is 43.9 Å². The Morgan fingerprint density at radius 2 is 1.87 bits per heavy atom. The van der Waals surface area contributed by atoms with Crippen molar-refractivity contribution in [3.05, 3.63) is 0 Å². The lowest BCUT2D eigenvalue weighted by molar-refractivity contribution is -0.139. The van der Waals surface area contributed by atoms with Crippen LogP contribution < -0.4 is 0 Å². The van der Waals surface area contributed by atoms with Crippen molar-refractivity contribution in [2.45, 2.75) is 38.0 Å². The lowest BCUT2D eigenvalue weighted by Gasteiger charge is -2.28. The molecule has 0 aliphatic carbocycles. The Balaban J connectivity index is 2.01. The summed E-state index contributed by atoms with van der Waals surface area (Å²) in [6.45, 7) is 2.18. The molecule has 0 atom stereocenters. The van der Waals surface area contributed by atoms with Crippen LogP contribution in [0, 0.1) is 0 Å². The van der Waals surface area contributed by atoms with Gasteiger partial charge in [-0.2, -0.15) is 13.2 Å². The van der Waals surface area contributed by atoms with Crippen molar-refractivity contribution >= 4 is 0 Å². The summed E-state index contributed by atoms with van der Waals surface area (Å²) in [4.78, 5) is 2.20.